The zero-order valence-corrected chi connectivity index (χ0v) is 19.4. The van der Waals surface area contributed by atoms with Crippen LogP contribution in [0.25, 0.3) is 21.8 Å². The number of nitrogens with zero attached hydrogens (tertiary/aromatic N) is 4. The Morgan fingerprint density at radius 2 is 1.70 bits per heavy atom. The van der Waals surface area contributed by atoms with Crippen LogP contribution in [0.5, 0.6) is 0 Å². The van der Waals surface area contributed by atoms with Crippen molar-refractivity contribution in [1.29, 1.82) is 0 Å². The number of nitrogens with one attached hydrogen (secondary N) is 2. The van der Waals surface area contributed by atoms with Crippen LogP contribution >= 0.6 is 11.3 Å². The number of hydrogen-bond acceptors (Lipinski definition) is 7. The first-order valence-corrected chi connectivity index (χ1v) is 11.9. The quantitative estimate of drug-likeness (QED) is 0.402. The van der Waals surface area contributed by atoms with Gasteiger partial charge < -0.3 is 10.6 Å². The topological polar surface area (TPSA) is 75.6 Å². The summed E-state index contributed by atoms with van der Waals surface area (Å²) in [4.78, 5) is 19.6. The van der Waals surface area contributed by atoms with Gasteiger partial charge in [0.05, 0.1) is 21.3 Å². The molecule has 6 nitrogen and oxygen atoms in total. The van der Waals surface area contributed by atoms with Gasteiger partial charge in [-0.15, -0.1) is 11.3 Å². The summed E-state index contributed by atoms with van der Waals surface area (Å²) in [6, 6.07) is 12.4. The number of benzene rings is 1. The zero-order chi connectivity index (χ0) is 22.8. The summed E-state index contributed by atoms with van der Waals surface area (Å²) in [6.45, 7) is 5.92. The van der Waals surface area contributed by atoms with Crippen molar-refractivity contribution < 1.29 is 4.39 Å². The van der Waals surface area contributed by atoms with E-state index >= 15 is 0 Å². The van der Waals surface area contributed by atoms with Crippen LogP contribution in [0.3, 0.4) is 0 Å². The highest BCUT2D eigenvalue weighted by atomic mass is 32.1. The van der Waals surface area contributed by atoms with Crippen LogP contribution in [0.1, 0.15) is 35.2 Å². The molecule has 0 aliphatic carbocycles. The van der Waals surface area contributed by atoms with Gasteiger partial charge in [0.15, 0.2) is 0 Å². The Hall–Kier alpha value is -3.23. The lowest BCUT2D eigenvalue weighted by Crippen LogP contribution is -2.26. The molecule has 0 radical (unpaired) electrons. The second-order valence-electron chi connectivity index (χ2n) is 8.29. The number of aryl methyl sites for hydroxylation is 2. The summed E-state index contributed by atoms with van der Waals surface area (Å²) in [5.41, 5.74) is 5.29. The van der Waals surface area contributed by atoms with Crippen LogP contribution in [-0.2, 0) is 0 Å². The van der Waals surface area contributed by atoms with E-state index in [0.717, 1.165) is 69.8 Å². The zero-order valence-electron chi connectivity index (χ0n) is 18.6. The third-order valence-electron chi connectivity index (χ3n) is 5.68. The molecular formula is C25H25FN6S. The number of piperidine rings is 1. The Morgan fingerprint density at radius 1 is 0.970 bits per heavy atom. The van der Waals surface area contributed by atoms with Crippen LogP contribution in [0, 0.1) is 19.7 Å². The van der Waals surface area contributed by atoms with Gasteiger partial charge in [-0.1, -0.05) is 0 Å². The van der Waals surface area contributed by atoms with E-state index in [1.54, 1.807) is 29.7 Å². The highest BCUT2D eigenvalue weighted by molar-refractivity contribution is 7.15. The minimum Gasteiger partial charge on any atom is -0.324 e. The molecule has 4 heterocycles. The third-order valence-corrected chi connectivity index (χ3v) is 6.92. The first-order valence-electron chi connectivity index (χ1n) is 11.1. The van der Waals surface area contributed by atoms with Crippen molar-refractivity contribution in [3.05, 3.63) is 70.9 Å². The van der Waals surface area contributed by atoms with Crippen LogP contribution < -0.4 is 10.6 Å². The molecule has 0 unspecified atom stereocenters. The van der Waals surface area contributed by atoms with Gasteiger partial charge in [0.2, 0.25) is 5.95 Å². The second kappa shape index (κ2) is 9.33. The van der Waals surface area contributed by atoms with E-state index in [-0.39, 0.29) is 5.82 Å². The van der Waals surface area contributed by atoms with Gasteiger partial charge in [-0.2, -0.15) is 0 Å². The predicted octanol–water partition coefficient (Wildman–Crippen LogP) is 5.63. The maximum atomic E-state index is 13.6. The Balaban J connectivity index is 1.54. The second-order valence-corrected chi connectivity index (χ2v) is 9.32. The Kier molecular flexibility index (Phi) is 6.11. The van der Waals surface area contributed by atoms with Crippen molar-refractivity contribution in [2.75, 3.05) is 18.4 Å². The standard InChI is InChI=1S/C25H25FN6S/c1-15-13-20(14-16(2)29-15)30-25-28-12-9-21(31-25)23-22(17-3-5-19(26)6-4-17)32-24(33-23)18-7-10-27-11-8-18/h3-6,9,12-14,18,27H,7-8,10-11H2,1-2H3,(H,28,29,30,31). The molecule has 8 heteroatoms. The molecule has 33 heavy (non-hydrogen) atoms. The molecule has 3 aromatic heterocycles. The third kappa shape index (κ3) is 4.91. The summed E-state index contributed by atoms with van der Waals surface area (Å²) in [6.07, 6.45) is 3.88. The minimum atomic E-state index is -0.259. The van der Waals surface area contributed by atoms with Gasteiger partial charge in [0.1, 0.15) is 5.82 Å². The van der Waals surface area contributed by atoms with E-state index in [9.17, 15) is 4.39 Å². The van der Waals surface area contributed by atoms with Gasteiger partial charge in [0.25, 0.3) is 0 Å². The van der Waals surface area contributed by atoms with Gasteiger partial charge in [-0.05, 0) is 82.2 Å². The van der Waals surface area contributed by atoms with Gasteiger partial charge in [-0.25, -0.2) is 19.3 Å². The normalized spacial score (nSPS) is 14.4. The number of pyridine rings is 1. The summed E-state index contributed by atoms with van der Waals surface area (Å²) >= 11 is 1.68. The van der Waals surface area contributed by atoms with Crippen molar-refractivity contribution in [2.24, 2.45) is 0 Å². The molecule has 0 saturated carbocycles. The maximum absolute atomic E-state index is 13.6. The van der Waals surface area contributed by atoms with E-state index in [1.165, 1.54) is 12.1 Å². The van der Waals surface area contributed by atoms with E-state index < -0.39 is 0 Å². The van der Waals surface area contributed by atoms with E-state index in [4.69, 9.17) is 9.97 Å². The molecule has 1 aromatic carbocycles. The number of anilines is 2. The fraction of sp³-hybridized carbons (Fsp3) is 0.280. The van der Waals surface area contributed by atoms with Gasteiger partial charge in [0, 0.05) is 34.8 Å². The lowest BCUT2D eigenvalue weighted by molar-refractivity contribution is 0.459. The highest BCUT2D eigenvalue weighted by Crippen LogP contribution is 2.40. The van der Waals surface area contributed by atoms with Crippen molar-refractivity contribution in [3.8, 4) is 21.8 Å². The van der Waals surface area contributed by atoms with E-state index in [2.05, 4.69) is 20.6 Å². The number of halogens is 1. The van der Waals surface area contributed by atoms with Crippen LogP contribution in [0.4, 0.5) is 16.0 Å². The number of rotatable bonds is 5. The summed E-state index contributed by atoms with van der Waals surface area (Å²) < 4.78 is 13.6. The Bertz CT molecular complexity index is 1240. The lowest BCUT2D eigenvalue weighted by Gasteiger charge is -2.20. The first-order chi connectivity index (χ1) is 16.0. The highest BCUT2D eigenvalue weighted by Gasteiger charge is 2.23. The van der Waals surface area contributed by atoms with Crippen LogP contribution in [0.2, 0.25) is 0 Å². The summed E-state index contributed by atoms with van der Waals surface area (Å²) in [5.74, 6) is 0.677. The Morgan fingerprint density at radius 3 is 2.42 bits per heavy atom. The van der Waals surface area contributed by atoms with Gasteiger partial charge in [-0.3, -0.25) is 4.98 Å². The average molecular weight is 461 g/mol. The molecule has 1 fully saturated rings. The van der Waals surface area contributed by atoms with Crippen LogP contribution in [0.15, 0.2) is 48.7 Å². The fourth-order valence-corrected chi connectivity index (χ4v) is 5.37. The fourth-order valence-electron chi connectivity index (χ4n) is 4.14. The lowest BCUT2D eigenvalue weighted by atomic mass is 9.99. The monoisotopic (exact) mass is 460 g/mol. The maximum Gasteiger partial charge on any atom is 0.227 e. The molecule has 0 amide bonds. The summed E-state index contributed by atoms with van der Waals surface area (Å²) in [7, 11) is 0. The predicted molar refractivity (Wildman–Crippen MR) is 130 cm³/mol. The molecule has 4 aromatic rings. The van der Waals surface area contributed by atoms with Crippen LogP contribution in [-0.4, -0.2) is 33.0 Å². The van der Waals surface area contributed by atoms with Crippen molar-refractivity contribution in [3.63, 3.8) is 0 Å². The molecular weight excluding hydrogens is 435 g/mol. The molecule has 1 aliphatic heterocycles. The molecule has 0 atom stereocenters. The average Bonchev–Trinajstić information content (AvgIpc) is 3.25. The first kappa shape index (κ1) is 21.6. The minimum absolute atomic E-state index is 0.259. The van der Waals surface area contributed by atoms with Crippen molar-refractivity contribution in [2.45, 2.75) is 32.6 Å². The van der Waals surface area contributed by atoms with E-state index in [1.807, 2.05) is 32.0 Å². The summed E-state index contributed by atoms with van der Waals surface area (Å²) in [5, 5.41) is 7.82. The molecule has 168 valence electrons. The van der Waals surface area contributed by atoms with Crippen molar-refractivity contribution in [1.82, 2.24) is 25.3 Å². The van der Waals surface area contributed by atoms with E-state index in [0.29, 0.717) is 11.9 Å². The molecule has 0 spiro atoms. The largest absolute Gasteiger partial charge is 0.324 e. The number of aromatic nitrogens is 4. The SMILES string of the molecule is Cc1cc(Nc2nccc(-c3sc(C4CCNCC4)nc3-c3ccc(F)cc3)n2)cc(C)n1. The van der Waals surface area contributed by atoms with Crippen molar-refractivity contribution >= 4 is 23.0 Å². The molecule has 5 rings (SSSR count). The Labute approximate surface area is 196 Å². The van der Waals surface area contributed by atoms with Gasteiger partial charge >= 0.3 is 0 Å². The molecule has 1 aliphatic rings. The smallest absolute Gasteiger partial charge is 0.227 e. The molecule has 1 saturated heterocycles. The molecule has 2 N–H and O–H groups in total. The molecule has 0 bridgehead atoms. The number of hydrogen-bond donors (Lipinski definition) is 2. The number of thiazole rings is 1.